The normalized spacial score (nSPS) is 20.5. The zero-order valence-corrected chi connectivity index (χ0v) is 10.9. The second-order valence-corrected chi connectivity index (χ2v) is 5.71. The third-order valence-electron chi connectivity index (χ3n) is 3.35. The van der Waals surface area contributed by atoms with Gasteiger partial charge in [0.1, 0.15) is 0 Å². The first-order chi connectivity index (χ1) is 8.29. The Morgan fingerprint density at radius 2 is 2.47 bits per heavy atom. The SMILES string of the molecule is NCCC1CCCN(C(=O)Cc2cccs2)C1. The van der Waals surface area contributed by atoms with E-state index in [1.807, 2.05) is 22.4 Å². The topological polar surface area (TPSA) is 46.3 Å². The Morgan fingerprint density at radius 1 is 1.59 bits per heavy atom. The fourth-order valence-corrected chi connectivity index (χ4v) is 3.13. The van der Waals surface area contributed by atoms with Crippen molar-refractivity contribution >= 4 is 17.2 Å². The van der Waals surface area contributed by atoms with Crippen LogP contribution in [0, 0.1) is 5.92 Å². The van der Waals surface area contributed by atoms with Crippen molar-refractivity contribution in [3.8, 4) is 0 Å². The molecule has 0 bridgehead atoms. The van der Waals surface area contributed by atoms with Gasteiger partial charge in [-0.25, -0.2) is 0 Å². The number of carbonyl (C=O) groups is 1. The fraction of sp³-hybridized carbons (Fsp3) is 0.615. The molecule has 1 fully saturated rings. The second-order valence-electron chi connectivity index (χ2n) is 4.68. The Labute approximate surface area is 107 Å². The van der Waals surface area contributed by atoms with Crippen LogP contribution < -0.4 is 5.73 Å². The molecular formula is C13H20N2OS. The molecule has 1 aliphatic heterocycles. The molecule has 2 N–H and O–H groups in total. The van der Waals surface area contributed by atoms with Crippen molar-refractivity contribution in [3.05, 3.63) is 22.4 Å². The Kier molecular flexibility index (Phi) is 4.57. The number of amides is 1. The summed E-state index contributed by atoms with van der Waals surface area (Å²) in [5.41, 5.74) is 5.59. The number of hydrogen-bond acceptors (Lipinski definition) is 3. The van der Waals surface area contributed by atoms with Crippen LogP contribution in [0.4, 0.5) is 0 Å². The van der Waals surface area contributed by atoms with Crippen LogP contribution in [0.5, 0.6) is 0 Å². The zero-order valence-electron chi connectivity index (χ0n) is 10.1. The molecule has 1 aliphatic rings. The summed E-state index contributed by atoms with van der Waals surface area (Å²) in [5, 5.41) is 2.02. The van der Waals surface area contributed by atoms with Crippen LogP contribution in [0.1, 0.15) is 24.1 Å². The minimum Gasteiger partial charge on any atom is -0.342 e. The average molecular weight is 252 g/mol. The lowest BCUT2D eigenvalue weighted by molar-refractivity contribution is -0.132. The predicted molar refractivity (Wildman–Crippen MR) is 71.0 cm³/mol. The van der Waals surface area contributed by atoms with E-state index in [0.717, 1.165) is 37.4 Å². The van der Waals surface area contributed by atoms with E-state index in [2.05, 4.69) is 0 Å². The lowest BCUT2D eigenvalue weighted by atomic mass is 9.94. The molecule has 1 aromatic rings. The molecule has 1 atom stereocenters. The highest BCUT2D eigenvalue weighted by atomic mass is 32.1. The summed E-state index contributed by atoms with van der Waals surface area (Å²) in [6.07, 6.45) is 3.95. The molecule has 3 nitrogen and oxygen atoms in total. The molecule has 0 aliphatic carbocycles. The first kappa shape index (κ1) is 12.6. The number of thiophene rings is 1. The Morgan fingerprint density at radius 3 is 3.18 bits per heavy atom. The van der Waals surface area contributed by atoms with Crippen LogP contribution in [0.15, 0.2) is 17.5 Å². The monoisotopic (exact) mass is 252 g/mol. The summed E-state index contributed by atoms with van der Waals surface area (Å²) in [6, 6.07) is 4.03. The number of likely N-dealkylation sites (tertiary alicyclic amines) is 1. The van der Waals surface area contributed by atoms with E-state index in [1.165, 1.54) is 6.42 Å². The number of nitrogens with zero attached hydrogens (tertiary/aromatic N) is 1. The summed E-state index contributed by atoms with van der Waals surface area (Å²) in [4.78, 5) is 15.3. The number of carbonyl (C=O) groups excluding carboxylic acids is 1. The van der Waals surface area contributed by atoms with E-state index in [4.69, 9.17) is 5.73 Å². The van der Waals surface area contributed by atoms with Crippen molar-refractivity contribution in [1.29, 1.82) is 0 Å². The summed E-state index contributed by atoms with van der Waals surface area (Å²) in [6.45, 7) is 2.56. The van der Waals surface area contributed by atoms with Gasteiger partial charge >= 0.3 is 0 Å². The predicted octanol–water partition coefficient (Wildman–Crippen LogP) is 1.88. The van der Waals surface area contributed by atoms with Gasteiger partial charge in [0.05, 0.1) is 6.42 Å². The summed E-state index contributed by atoms with van der Waals surface area (Å²) < 4.78 is 0. The minimum atomic E-state index is 0.272. The van der Waals surface area contributed by atoms with Crippen LogP contribution in [-0.2, 0) is 11.2 Å². The van der Waals surface area contributed by atoms with Crippen LogP contribution in [0.25, 0.3) is 0 Å². The van der Waals surface area contributed by atoms with E-state index < -0.39 is 0 Å². The van der Waals surface area contributed by atoms with Crippen LogP contribution >= 0.6 is 11.3 Å². The standard InChI is InChI=1S/C13H20N2OS/c14-6-5-11-3-1-7-15(10-11)13(16)9-12-4-2-8-17-12/h2,4,8,11H,1,3,5-7,9-10,14H2. The molecule has 1 saturated heterocycles. The summed E-state index contributed by atoms with van der Waals surface area (Å²) in [7, 11) is 0. The largest absolute Gasteiger partial charge is 0.342 e. The smallest absolute Gasteiger partial charge is 0.227 e. The maximum Gasteiger partial charge on any atom is 0.227 e. The van der Waals surface area contributed by atoms with Gasteiger partial charge in [-0.1, -0.05) is 6.07 Å². The molecule has 0 radical (unpaired) electrons. The maximum atomic E-state index is 12.1. The lowest BCUT2D eigenvalue weighted by Crippen LogP contribution is -2.41. The fourth-order valence-electron chi connectivity index (χ4n) is 2.44. The number of nitrogens with two attached hydrogens (primary N) is 1. The van der Waals surface area contributed by atoms with Crippen molar-refractivity contribution in [1.82, 2.24) is 4.90 Å². The van der Waals surface area contributed by atoms with Gasteiger partial charge in [0, 0.05) is 18.0 Å². The number of hydrogen-bond donors (Lipinski definition) is 1. The van der Waals surface area contributed by atoms with Crippen LogP contribution in [0.3, 0.4) is 0 Å². The minimum absolute atomic E-state index is 0.272. The van der Waals surface area contributed by atoms with Gasteiger partial charge in [0.25, 0.3) is 0 Å². The third kappa shape index (κ3) is 3.54. The van der Waals surface area contributed by atoms with Gasteiger partial charge in [-0.2, -0.15) is 0 Å². The van der Waals surface area contributed by atoms with Gasteiger partial charge in [-0.15, -0.1) is 11.3 Å². The van der Waals surface area contributed by atoms with Gasteiger partial charge in [-0.05, 0) is 43.2 Å². The number of piperidine rings is 1. The van der Waals surface area contributed by atoms with E-state index in [1.54, 1.807) is 11.3 Å². The van der Waals surface area contributed by atoms with E-state index in [9.17, 15) is 4.79 Å². The number of rotatable bonds is 4. The van der Waals surface area contributed by atoms with Gasteiger partial charge in [-0.3, -0.25) is 4.79 Å². The first-order valence-electron chi connectivity index (χ1n) is 6.30. The van der Waals surface area contributed by atoms with Crippen molar-refractivity contribution in [3.63, 3.8) is 0 Å². The maximum absolute atomic E-state index is 12.1. The molecule has 2 rings (SSSR count). The summed E-state index contributed by atoms with van der Waals surface area (Å²) in [5.74, 6) is 0.884. The molecule has 1 amide bonds. The molecule has 17 heavy (non-hydrogen) atoms. The van der Waals surface area contributed by atoms with Crippen molar-refractivity contribution < 1.29 is 4.79 Å². The van der Waals surface area contributed by atoms with Crippen molar-refractivity contribution in [2.24, 2.45) is 11.7 Å². The summed E-state index contributed by atoms with van der Waals surface area (Å²) >= 11 is 1.66. The van der Waals surface area contributed by atoms with Crippen LogP contribution in [-0.4, -0.2) is 30.4 Å². The van der Waals surface area contributed by atoms with Crippen LogP contribution in [0.2, 0.25) is 0 Å². The quantitative estimate of drug-likeness (QED) is 0.889. The second kappa shape index (κ2) is 6.17. The zero-order chi connectivity index (χ0) is 12.1. The molecule has 4 heteroatoms. The molecule has 1 unspecified atom stereocenters. The Balaban J connectivity index is 1.86. The molecule has 0 spiro atoms. The molecule has 0 aromatic carbocycles. The van der Waals surface area contributed by atoms with Crippen molar-refractivity contribution in [2.45, 2.75) is 25.7 Å². The molecule has 2 heterocycles. The van der Waals surface area contributed by atoms with Gasteiger partial charge in [0.2, 0.25) is 5.91 Å². The Bertz CT molecular complexity index is 348. The molecule has 1 aromatic heterocycles. The Hall–Kier alpha value is -0.870. The van der Waals surface area contributed by atoms with E-state index in [0.29, 0.717) is 12.3 Å². The first-order valence-corrected chi connectivity index (χ1v) is 7.18. The molecule has 94 valence electrons. The molecule has 0 saturated carbocycles. The van der Waals surface area contributed by atoms with E-state index in [-0.39, 0.29) is 5.91 Å². The van der Waals surface area contributed by atoms with Gasteiger partial charge < -0.3 is 10.6 Å². The van der Waals surface area contributed by atoms with Gasteiger partial charge in [0.15, 0.2) is 0 Å². The lowest BCUT2D eigenvalue weighted by Gasteiger charge is -2.32. The highest BCUT2D eigenvalue weighted by Crippen LogP contribution is 2.20. The highest BCUT2D eigenvalue weighted by Gasteiger charge is 2.23. The average Bonchev–Trinajstić information content (AvgIpc) is 2.83. The third-order valence-corrected chi connectivity index (χ3v) is 4.23. The van der Waals surface area contributed by atoms with E-state index >= 15 is 0 Å². The molecular weight excluding hydrogens is 232 g/mol. The highest BCUT2D eigenvalue weighted by molar-refractivity contribution is 7.10. The van der Waals surface area contributed by atoms with Crippen molar-refractivity contribution in [2.75, 3.05) is 19.6 Å².